The van der Waals surface area contributed by atoms with Gasteiger partial charge in [0.25, 0.3) is 5.56 Å². The van der Waals surface area contributed by atoms with Crippen LogP contribution in [0.2, 0.25) is 0 Å². The maximum absolute atomic E-state index is 13.8. The van der Waals surface area contributed by atoms with Crippen LogP contribution in [-0.2, 0) is 9.53 Å². The zero-order chi connectivity index (χ0) is 31.1. The highest BCUT2D eigenvalue weighted by atomic mass is 16.6. The van der Waals surface area contributed by atoms with Crippen LogP contribution in [0.5, 0.6) is 17.2 Å². The molecular formula is C34H39N3O6. The van der Waals surface area contributed by atoms with Gasteiger partial charge >= 0.3 is 5.97 Å². The highest BCUT2D eigenvalue weighted by Crippen LogP contribution is 2.34. The highest BCUT2D eigenvalue weighted by Gasteiger charge is 2.20. The lowest BCUT2D eigenvalue weighted by molar-refractivity contribution is -0.150. The van der Waals surface area contributed by atoms with Crippen molar-refractivity contribution in [3.63, 3.8) is 0 Å². The summed E-state index contributed by atoms with van der Waals surface area (Å²) in [5.41, 5.74) is 3.69. The number of carbonyl (C=O) groups is 1. The van der Waals surface area contributed by atoms with Gasteiger partial charge in [-0.15, -0.1) is 0 Å². The molecule has 0 saturated carbocycles. The van der Waals surface area contributed by atoms with Gasteiger partial charge in [-0.3, -0.25) is 4.79 Å². The van der Waals surface area contributed by atoms with Crippen LogP contribution in [0.1, 0.15) is 64.2 Å². The van der Waals surface area contributed by atoms with Crippen LogP contribution in [0.25, 0.3) is 22.3 Å². The molecule has 1 atom stereocenters. The fraction of sp³-hybridized carbons (Fsp3) is 0.353. The number of aryl methyl sites for hydroxylation is 1. The van der Waals surface area contributed by atoms with Crippen molar-refractivity contribution < 1.29 is 23.7 Å². The fourth-order valence-corrected chi connectivity index (χ4v) is 4.67. The van der Waals surface area contributed by atoms with E-state index in [1.54, 1.807) is 44.3 Å². The van der Waals surface area contributed by atoms with E-state index in [9.17, 15) is 9.59 Å². The van der Waals surface area contributed by atoms with Crippen molar-refractivity contribution in [2.24, 2.45) is 5.10 Å². The van der Waals surface area contributed by atoms with Gasteiger partial charge in [0.2, 0.25) is 0 Å². The normalized spacial score (nSPS) is 12.1. The van der Waals surface area contributed by atoms with Crippen LogP contribution in [0.15, 0.2) is 64.5 Å². The smallest absolute Gasteiger partial charge is 0.347 e. The van der Waals surface area contributed by atoms with E-state index < -0.39 is 12.1 Å². The van der Waals surface area contributed by atoms with Crippen molar-refractivity contribution >= 4 is 23.1 Å². The molecule has 0 aliphatic carbocycles. The lowest BCUT2D eigenvalue weighted by Gasteiger charge is -2.18. The summed E-state index contributed by atoms with van der Waals surface area (Å²) in [4.78, 5) is 30.8. The number of ether oxygens (including phenoxy) is 4. The number of fused-ring (bicyclic) bond motifs is 1. The van der Waals surface area contributed by atoms with Crippen molar-refractivity contribution in [3.05, 3.63) is 81.6 Å². The molecule has 0 aliphatic heterocycles. The Morgan fingerprint density at radius 3 is 2.35 bits per heavy atom. The topological polar surface area (TPSA) is 101 Å². The molecule has 43 heavy (non-hydrogen) atoms. The molecule has 0 amide bonds. The predicted octanol–water partition coefficient (Wildman–Crippen LogP) is 6.51. The van der Waals surface area contributed by atoms with Gasteiger partial charge in [-0.05, 0) is 99.7 Å². The van der Waals surface area contributed by atoms with E-state index in [-0.39, 0.29) is 18.1 Å². The molecule has 9 heteroatoms. The number of aromatic nitrogens is 2. The summed E-state index contributed by atoms with van der Waals surface area (Å²) in [6.45, 7) is 14.6. The Bertz CT molecular complexity index is 1690. The average molecular weight is 586 g/mol. The summed E-state index contributed by atoms with van der Waals surface area (Å²) in [6.07, 6.45) is 0.770. The third-order valence-electron chi connectivity index (χ3n) is 6.79. The van der Waals surface area contributed by atoms with E-state index in [1.165, 1.54) is 4.68 Å². The van der Waals surface area contributed by atoms with Crippen LogP contribution in [0.4, 0.5) is 0 Å². The number of carbonyl (C=O) groups excluding carboxylic acids is 1. The standard InChI is InChI=1S/C34H39N3O6/c1-8-40-30-17-22(6)27(19-26(30)21(4)5)32-36-28-14-12-11-13-25(28)33(38)37(32)35-20-24-15-16-29(31(18-24)41-9-2)43-23(7)34(39)42-10-3/h11-21,23H,8-10H2,1-7H3/t23-/m1/s1. The number of hydrogen-bond acceptors (Lipinski definition) is 8. The molecular weight excluding hydrogens is 546 g/mol. The first-order valence-electron chi connectivity index (χ1n) is 14.6. The summed E-state index contributed by atoms with van der Waals surface area (Å²) in [6, 6.07) is 16.5. The third-order valence-corrected chi connectivity index (χ3v) is 6.79. The van der Waals surface area contributed by atoms with Gasteiger partial charge in [-0.2, -0.15) is 9.78 Å². The van der Waals surface area contributed by atoms with Crippen LogP contribution < -0.4 is 19.8 Å². The molecule has 0 saturated heterocycles. The van der Waals surface area contributed by atoms with E-state index in [1.807, 2.05) is 51.1 Å². The summed E-state index contributed by atoms with van der Waals surface area (Å²) in [7, 11) is 0. The third kappa shape index (κ3) is 7.05. The van der Waals surface area contributed by atoms with Crippen molar-refractivity contribution in [2.45, 2.75) is 60.5 Å². The van der Waals surface area contributed by atoms with Gasteiger partial charge < -0.3 is 18.9 Å². The SMILES string of the molecule is CCOC(=O)[C@@H](C)Oc1ccc(C=Nn2c(-c3cc(C(C)C)c(OCC)cc3C)nc3ccccc3c2=O)cc1OCC. The van der Waals surface area contributed by atoms with Gasteiger partial charge in [0, 0.05) is 5.56 Å². The molecule has 4 rings (SSSR count). The summed E-state index contributed by atoms with van der Waals surface area (Å²) in [5, 5.41) is 5.10. The fourth-order valence-electron chi connectivity index (χ4n) is 4.67. The lowest BCUT2D eigenvalue weighted by atomic mass is 9.96. The molecule has 1 heterocycles. The van der Waals surface area contributed by atoms with Gasteiger partial charge in [-0.1, -0.05) is 26.0 Å². The second kappa shape index (κ2) is 14.0. The number of hydrogen-bond donors (Lipinski definition) is 0. The number of nitrogens with zero attached hydrogens (tertiary/aromatic N) is 3. The van der Waals surface area contributed by atoms with Crippen molar-refractivity contribution in [3.8, 4) is 28.6 Å². The van der Waals surface area contributed by atoms with E-state index in [2.05, 4.69) is 18.9 Å². The summed E-state index contributed by atoms with van der Waals surface area (Å²) >= 11 is 0. The molecule has 1 aromatic heterocycles. The summed E-state index contributed by atoms with van der Waals surface area (Å²) in [5.74, 6) is 1.81. The first-order chi connectivity index (χ1) is 20.7. The Balaban J connectivity index is 1.82. The zero-order valence-corrected chi connectivity index (χ0v) is 25.8. The molecule has 226 valence electrons. The molecule has 0 bridgehead atoms. The minimum atomic E-state index is -0.809. The van der Waals surface area contributed by atoms with Crippen LogP contribution >= 0.6 is 0 Å². The first-order valence-corrected chi connectivity index (χ1v) is 14.6. The Morgan fingerprint density at radius 1 is 0.930 bits per heavy atom. The quantitative estimate of drug-likeness (QED) is 0.138. The molecule has 0 radical (unpaired) electrons. The number of benzene rings is 3. The second-order valence-corrected chi connectivity index (χ2v) is 10.3. The van der Waals surface area contributed by atoms with Crippen molar-refractivity contribution in [1.82, 2.24) is 9.66 Å². The minimum absolute atomic E-state index is 0.189. The zero-order valence-electron chi connectivity index (χ0n) is 25.8. The van der Waals surface area contributed by atoms with Gasteiger partial charge in [0.1, 0.15) is 5.75 Å². The molecule has 0 aliphatic rings. The maximum atomic E-state index is 13.8. The molecule has 9 nitrogen and oxygen atoms in total. The second-order valence-electron chi connectivity index (χ2n) is 10.3. The molecule has 3 aromatic carbocycles. The van der Waals surface area contributed by atoms with E-state index >= 15 is 0 Å². The summed E-state index contributed by atoms with van der Waals surface area (Å²) < 4.78 is 23.9. The van der Waals surface area contributed by atoms with E-state index in [0.29, 0.717) is 47.0 Å². The van der Waals surface area contributed by atoms with Crippen LogP contribution in [0.3, 0.4) is 0 Å². The molecule has 0 fully saturated rings. The van der Waals surface area contributed by atoms with Crippen LogP contribution in [-0.4, -0.2) is 47.8 Å². The van der Waals surface area contributed by atoms with Crippen LogP contribution in [0, 0.1) is 6.92 Å². The molecule has 0 N–H and O–H groups in total. The van der Waals surface area contributed by atoms with Gasteiger partial charge in [0.05, 0.1) is 36.9 Å². The Labute approximate surface area is 252 Å². The van der Waals surface area contributed by atoms with E-state index in [0.717, 1.165) is 22.4 Å². The minimum Gasteiger partial charge on any atom is -0.494 e. The average Bonchev–Trinajstić information content (AvgIpc) is 2.98. The predicted molar refractivity (Wildman–Crippen MR) is 169 cm³/mol. The Kier molecular flexibility index (Phi) is 10.2. The lowest BCUT2D eigenvalue weighted by Crippen LogP contribution is -2.26. The Morgan fingerprint density at radius 2 is 1.65 bits per heavy atom. The highest BCUT2D eigenvalue weighted by molar-refractivity contribution is 5.83. The first kappa shape index (κ1) is 31.3. The van der Waals surface area contributed by atoms with Gasteiger partial charge in [-0.25, -0.2) is 9.78 Å². The number of esters is 1. The largest absolute Gasteiger partial charge is 0.494 e. The number of rotatable bonds is 12. The Hall–Kier alpha value is -4.66. The van der Waals surface area contributed by atoms with E-state index in [4.69, 9.17) is 23.9 Å². The number of para-hydroxylation sites is 1. The van der Waals surface area contributed by atoms with Gasteiger partial charge in [0.15, 0.2) is 23.4 Å². The van der Waals surface area contributed by atoms with Crippen molar-refractivity contribution in [1.29, 1.82) is 0 Å². The molecule has 4 aromatic rings. The maximum Gasteiger partial charge on any atom is 0.347 e. The van der Waals surface area contributed by atoms with Crippen molar-refractivity contribution in [2.75, 3.05) is 19.8 Å². The molecule has 0 unspecified atom stereocenters. The monoisotopic (exact) mass is 585 g/mol. The molecule has 0 spiro atoms.